The predicted octanol–water partition coefficient (Wildman–Crippen LogP) is 1.85. The second kappa shape index (κ2) is 40.1. The number of nitrogen functional groups attached to an aromatic ring is 1. The van der Waals surface area contributed by atoms with Crippen LogP contribution in [0.3, 0.4) is 0 Å². The molecule has 8 amide bonds. The van der Waals surface area contributed by atoms with E-state index in [0.717, 1.165) is 54.7 Å². The average molecular weight is 1780 g/mol. The van der Waals surface area contributed by atoms with E-state index in [1.54, 1.807) is 6.92 Å². The molecule has 8 aromatic rings. The largest absolute Gasteiger partial charge is 0.480 e. The van der Waals surface area contributed by atoms with Crippen LogP contribution in [0, 0.1) is 13.8 Å². The second-order valence-electron chi connectivity index (χ2n) is 29.6. The molecule has 662 valence electrons. The summed E-state index contributed by atoms with van der Waals surface area (Å²) in [5.74, 6) is -15.6. The Kier molecular flexibility index (Phi) is 29.6. The van der Waals surface area contributed by atoms with Crippen LogP contribution in [0.5, 0.6) is 0 Å². The van der Waals surface area contributed by atoms with Crippen molar-refractivity contribution in [2.45, 2.75) is 153 Å². The number of nitrogens with one attached hydrogen (secondary N) is 12. The minimum atomic E-state index is -4.58. The second-order valence-corrected chi connectivity index (χ2v) is 33.8. The number of Topliss-reactive ketones (excluding diaryl/α,β-unsaturated/α-hetero) is 2. The lowest BCUT2D eigenvalue weighted by atomic mass is 9.84. The van der Waals surface area contributed by atoms with Gasteiger partial charge in [-0.05, 0) is 106 Å². The molecule has 9 heterocycles. The van der Waals surface area contributed by atoms with E-state index in [-0.39, 0.29) is 103 Å². The zero-order valence-electron chi connectivity index (χ0n) is 68.4. The molecule has 0 fully saturated rings. The molecule has 9 atom stereocenters. The number of carboxylic acid groups (broad SMARTS) is 2. The smallest absolute Gasteiger partial charge is 0.426 e. The Bertz CT molecular complexity index is 6070. The van der Waals surface area contributed by atoms with Gasteiger partial charge in [-0.25, -0.2) is 44.0 Å². The zero-order valence-corrected chi connectivity index (χ0v) is 70.8. The number of hydrogen-bond acceptors (Lipinski definition) is 31. The molecule has 8 bridgehead atoms. The summed E-state index contributed by atoms with van der Waals surface area (Å²) in [5, 5.41) is 44.9. The highest BCUT2D eigenvalue weighted by molar-refractivity contribution is 8.76. The molecule has 0 radical (unpaired) electrons. The number of amides is 8. The molecule has 0 saturated carbocycles. The molecule has 125 heavy (non-hydrogen) atoms. The monoisotopic (exact) mass is 1780 g/mol. The van der Waals surface area contributed by atoms with Crippen molar-refractivity contribution >= 4 is 159 Å². The number of aliphatic carboxylic acids is 2. The van der Waals surface area contributed by atoms with E-state index in [4.69, 9.17) is 29.7 Å². The van der Waals surface area contributed by atoms with E-state index >= 15 is 0 Å². The Morgan fingerprint density at radius 1 is 0.720 bits per heavy atom. The number of imidazole rings is 1. The Balaban J connectivity index is 0.683. The quantitative estimate of drug-likeness (QED) is 0.00502. The Morgan fingerprint density at radius 2 is 1.41 bits per heavy atom. The van der Waals surface area contributed by atoms with Crippen LogP contribution in [0.2, 0.25) is 0 Å². The molecule has 1 aliphatic carbocycles. The van der Waals surface area contributed by atoms with Gasteiger partial charge in [0.25, 0.3) is 39.2 Å². The summed E-state index contributed by atoms with van der Waals surface area (Å²) < 4.78 is 44.1. The molecule has 48 heteroatoms. The number of hydrazine groups is 1. The van der Waals surface area contributed by atoms with Gasteiger partial charge in [-0.3, -0.25) is 77.7 Å². The SMILES string of the molecule is CC[C@H]1c2cc3[nH]c4c(c3C)C(=O)C(C(=O)OC)c4c3nc(cc4[nH]c(cc(n2)[C@@H]1C)c(C(C)=O)c4C)[C@@H](C)[C@@H]3CCC(=O)NCCCC(NC(=O)c1cn2c(=O)n(C)nnc2n1)C(=O)NNC(=O)OCCSSC[C@H](NC(=O)[C@H](CC(=O)NCCS(=O)(=O)O)NC(=O)CC[C@H](NC(=O)c1ccc(NCc2cnc3nc(N)[nH]c(=O)c3n2)cc1)C(=O)O)C(=O)O. The molecule has 1 aromatic carbocycles. The third-order valence-electron chi connectivity index (χ3n) is 21.1. The number of esters is 1. The maximum Gasteiger partial charge on any atom is 0.426 e. The third-order valence-corrected chi connectivity index (χ3v) is 24.2. The van der Waals surface area contributed by atoms with E-state index in [1.807, 2.05) is 32.0 Å². The summed E-state index contributed by atoms with van der Waals surface area (Å²) in [5.41, 5.74) is 15.8. The number of nitrogens with zero attached hydrogens (tertiary/aromatic N) is 10. The fourth-order valence-electron chi connectivity index (χ4n) is 14.6. The summed E-state index contributed by atoms with van der Waals surface area (Å²) >= 11 is 0. The lowest BCUT2D eigenvalue weighted by Gasteiger charge is -2.21. The van der Waals surface area contributed by atoms with Crippen LogP contribution < -0.4 is 65.1 Å². The van der Waals surface area contributed by atoms with Crippen LogP contribution in [-0.2, 0) is 71.5 Å². The number of rotatable bonds is 37. The van der Waals surface area contributed by atoms with E-state index in [1.165, 1.54) is 51.5 Å². The van der Waals surface area contributed by atoms with Gasteiger partial charge in [-0.2, -0.15) is 18.1 Å². The van der Waals surface area contributed by atoms with Crippen molar-refractivity contribution in [3.8, 4) is 0 Å². The first-order valence-electron chi connectivity index (χ1n) is 39.1. The van der Waals surface area contributed by atoms with Crippen LogP contribution in [0.15, 0.2) is 64.4 Å². The highest BCUT2D eigenvalue weighted by atomic mass is 33.1. The highest BCUT2D eigenvalue weighted by Gasteiger charge is 2.46. The number of carbonyl (C=O) groups is 13. The van der Waals surface area contributed by atoms with Gasteiger partial charge in [0.1, 0.15) is 42.4 Å². The molecule has 17 N–H and O–H groups in total. The van der Waals surface area contributed by atoms with Crippen LogP contribution in [0.25, 0.3) is 39.0 Å². The maximum atomic E-state index is 14.7. The van der Waals surface area contributed by atoms with Gasteiger partial charge in [0, 0.05) is 130 Å². The van der Waals surface area contributed by atoms with E-state index < -0.39 is 172 Å². The highest BCUT2D eigenvalue weighted by Crippen LogP contribution is 2.49. The number of aromatic amines is 3. The number of hydrogen-bond donors (Lipinski definition) is 16. The van der Waals surface area contributed by atoms with Crippen molar-refractivity contribution in [2.75, 3.05) is 55.1 Å². The first-order valence-corrected chi connectivity index (χ1v) is 43.2. The number of nitrogens with two attached hydrogens (primary N) is 1. The summed E-state index contributed by atoms with van der Waals surface area (Å²) in [6, 6.07) is 4.51. The number of ether oxygens (including phenoxy) is 2. The number of aromatic nitrogens is 13. The lowest BCUT2D eigenvalue weighted by Crippen LogP contribution is -2.54. The number of methoxy groups -OCH3 is 1. The van der Waals surface area contributed by atoms with Gasteiger partial charge in [0.05, 0.1) is 54.4 Å². The third kappa shape index (κ3) is 22.2. The van der Waals surface area contributed by atoms with Crippen LogP contribution in [-0.4, -0.2) is 233 Å². The average Bonchev–Trinajstić information content (AvgIpc) is 1.56. The van der Waals surface area contributed by atoms with Gasteiger partial charge in [0.2, 0.25) is 29.6 Å². The fraction of sp³-hybridized carbons (Fsp3) is 0.416. The molecule has 0 spiro atoms. The number of aryl methyl sites for hydroxylation is 3. The molecule has 3 aliphatic rings. The van der Waals surface area contributed by atoms with E-state index in [0.29, 0.717) is 72.7 Å². The summed E-state index contributed by atoms with van der Waals surface area (Å²) in [4.78, 5) is 236. The molecule has 0 saturated heterocycles. The van der Waals surface area contributed by atoms with Crippen molar-refractivity contribution in [3.63, 3.8) is 0 Å². The van der Waals surface area contributed by atoms with E-state index in [9.17, 15) is 90.5 Å². The van der Waals surface area contributed by atoms with Gasteiger partial charge < -0.3 is 72.6 Å². The molecule has 11 rings (SSSR count). The minimum Gasteiger partial charge on any atom is -0.480 e. The van der Waals surface area contributed by atoms with Gasteiger partial charge in [-0.15, -0.1) is 0 Å². The molecular formula is C77H89N23O22S3. The first kappa shape index (κ1) is 92.1. The summed E-state index contributed by atoms with van der Waals surface area (Å²) in [6.45, 7) is 10.1. The summed E-state index contributed by atoms with van der Waals surface area (Å²) in [7, 11) is -0.291. The minimum absolute atomic E-state index is 0.00478. The van der Waals surface area contributed by atoms with Gasteiger partial charge >= 0.3 is 29.7 Å². The van der Waals surface area contributed by atoms with Crippen LogP contribution >= 0.6 is 21.6 Å². The van der Waals surface area contributed by atoms with Gasteiger partial charge in [-0.1, -0.05) is 52.7 Å². The topological polar surface area (TPSA) is 663 Å². The number of H-pyrrole nitrogens is 3. The lowest BCUT2D eigenvalue weighted by molar-refractivity contribution is -0.142. The standard InChI is InChI=1S/C77H89N23O22S3/c1-9-41-33(2)45-27-50-57(37(6)101)35(4)47(85-50)25-46-34(3)42(61(87-46)59-60(73(115)121-8)64(105)58-36(5)48(88-62(58)59)26-49(41)84-45)16-18-54(102)79-20-10-11-43(89-68(108)52-31-100-75(92-52)96-98-99(7)77(100)117)69(109)95-97-76(116)122-22-23-123-124-32-53(72(113)114)91-67(107)51(28-56(104)80-21-24-125(118,119)120)86-55(103)19-17-44(71(111)112)90-66(106)38-12-14-39(15-13-38)81-29-40-30-82-65-63(83-40)70(110)94-74(78)93-65/h12-15,25-27,30-31,33-34,41-44,51,53,60,81,85,88H,9-11,16-24,28-29,32H2,1-8H3,(H,79,102)(H,80,104)(H,86,103)(H,89,108)(H,90,106)(H,91,107)(H,95,109)(H,97,116)(H,111,112)(H,113,114)(H,118,119,120)(H3,78,82,93,94,110)/t33-,34+,41-,42+,43?,44+,51+,53+,60?/m1/s1. The predicted molar refractivity (Wildman–Crippen MR) is 448 cm³/mol. The fourth-order valence-corrected chi connectivity index (χ4v) is 16.9. The number of ketones is 2. The summed E-state index contributed by atoms with van der Waals surface area (Å²) in [6.07, 6.45) is -0.460. The Morgan fingerprint density at radius 3 is 2.11 bits per heavy atom. The molecule has 45 nitrogen and oxygen atoms in total. The number of fused-ring (bicyclic) bond motifs is 10. The number of carboxylic acids is 2. The number of anilines is 2. The molecule has 2 unspecified atom stereocenters. The normalized spacial score (nSPS) is 16.2. The van der Waals surface area contributed by atoms with E-state index in [2.05, 4.69) is 107 Å². The van der Waals surface area contributed by atoms with Crippen molar-refractivity contribution in [1.82, 2.24) is 107 Å². The van der Waals surface area contributed by atoms with Crippen LogP contribution in [0.4, 0.5) is 16.4 Å². The van der Waals surface area contributed by atoms with Crippen LogP contribution in [0.1, 0.15) is 195 Å². The van der Waals surface area contributed by atoms with Crippen molar-refractivity contribution in [3.05, 3.63) is 143 Å². The first-order chi connectivity index (χ1) is 59.4. The van der Waals surface area contributed by atoms with Gasteiger partial charge in [0.15, 0.2) is 22.7 Å². The Hall–Kier alpha value is -13.6. The maximum absolute atomic E-state index is 14.7. The number of carbonyl (C=O) groups excluding carboxylic acids is 11. The molecule has 2 aliphatic heterocycles. The zero-order chi connectivity index (χ0) is 90.6. The number of benzene rings is 1. The van der Waals surface area contributed by atoms with Crippen molar-refractivity contribution < 1.29 is 95.0 Å². The molecule has 7 aromatic heterocycles. The van der Waals surface area contributed by atoms with Crippen molar-refractivity contribution in [2.24, 2.45) is 7.05 Å². The van der Waals surface area contributed by atoms with Crippen molar-refractivity contribution in [1.29, 1.82) is 0 Å². The molecular weight excluding hydrogens is 1700 g/mol. The Labute approximate surface area is 716 Å².